The Kier molecular flexibility index (Phi) is 6.64. The van der Waals surface area contributed by atoms with Crippen LogP contribution in [0, 0.1) is 0 Å². The molecule has 0 saturated carbocycles. The van der Waals surface area contributed by atoms with E-state index < -0.39 is 0 Å². The lowest BCUT2D eigenvalue weighted by molar-refractivity contribution is 0.942. The van der Waals surface area contributed by atoms with Crippen molar-refractivity contribution in [2.45, 2.75) is 6.92 Å². The van der Waals surface area contributed by atoms with Crippen molar-refractivity contribution in [1.29, 1.82) is 0 Å². The normalized spacial score (nSPS) is 15.6. The maximum atomic E-state index is 5.01. The van der Waals surface area contributed by atoms with Crippen molar-refractivity contribution in [3.05, 3.63) is 11.6 Å². The van der Waals surface area contributed by atoms with Gasteiger partial charge in [-0.05, 0) is 24.7 Å². The predicted octanol–water partition coefficient (Wildman–Crippen LogP) is 1.22. The van der Waals surface area contributed by atoms with Gasteiger partial charge in [0, 0.05) is 13.1 Å². The summed E-state index contributed by atoms with van der Waals surface area (Å²) in [5, 5.41) is 6.67. The zero-order valence-corrected chi connectivity index (χ0v) is 7.43. The fourth-order valence-corrected chi connectivity index (χ4v) is 0.619. The topological polar surface area (TPSA) is 24.1 Å². The molecule has 1 aliphatic rings. The third kappa shape index (κ3) is 5.85. The molecule has 1 aliphatic heterocycles. The molecule has 0 aliphatic carbocycles. The molecule has 58 valence electrons. The van der Waals surface area contributed by atoms with E-state index >= 15 is 0 Å². The fourth-order valence-electron chi connectivity index (χ4n) is 0.415. The van der Waals surface area contributed by atoms with Crippen molar-refractivity contribution in [3.8, 4) is 0 Å². The minimum absolute atomic E-state index is 0.787. The Morgan fingerprint density at radius 3 is 2.00 bits per heavy atom. The number of allylic oxidation sites excluding steroid dienone is 1. The SMILES string of the molecule is CC=CCl.S=C1NCCN1. The number of thiocarbonyl (C=S) groups is 1. The van der Waals surface area contributed by atoms with Gasteiger partial charge in [0.15, 0.2) is 5.11 Å². The molecule has 2 N–H and O–H groups in total. The van der Waals surface area contributed by atoms with Gasteiger partial charge in [-0.2, -0.15) is 0 Å². The first kappa shape index (κ1) is 9.72. The molecule has 0 aromatic heterocycles. The molecule has 0 spiro atoms. The van der Waals surface area contributed by atoms with Gasteiger partial charge in [-0.1, -0.05) is 17.7 Å². The van der Waals surface area contributed by atoms with Crippen LogP contribution in [-0.2, 0) is 0 Å². The molecular weight excluding hydrogens is 168 g/mol. The van der Waals surface area contributed by atoms with Gasteiger partial charge in [0.1, 0.15) is 0 Å². The van der Waals surface area contributed by atoms with E-state index in [0.29, 0.717) is 0 Å². The van der Waals surface area contributed by atoms with Gasteiger partial charge < -0.3 is 10.6 Å². The third-order valence-electron chi connectivity index (χ3n) is 0.822. The molecule has 0 bridgehead atoms. The van der Waals surface area contributed by atoms with Crippen LogP contribution in [0.2, 0.25) is 0 Å². The molecule has 0 amide bonds. The Bertz CT molecular complexity index is 113. The predicted molar refractivity (Wildman–Crippen MR) is 49.3 cm³/mol. The molecule has 1 fully saturated rings. The van der Waals surface area contributed by atoms with Crippen LogP contribution in [0.4, 0.5) is 0 Å². The van der Waals surface area contributed by atoms with Crippen LogP contribution in [0.5, 0.6) is 0 Å². The number of hydrogen-bond acceptors (Lipinski definition) is 1. The Balaban J connectivity index is 0.000000180. The van der Waals surface area contributed by atoms with Crippen LogP contribution in [0.1, 0.15) is 6.92 Å². The average molecular weight is 179 g/mol. The van der Waals surface area contributed by atoms with Gasteiger partial charge in [0.2, 0.25) is 0 Å². The number of hydrogen-bond donors (Lipinski definition) is 2. The molecule has 0 aromatic rings. The lowest BCUT2D eigenvalue weighted by Crippen LogP contribution is -2.19. The Morgan fingerprint density at radius 1 is 1.50 bits per heavy atom. The summed E-state index contributed by atoms with van der Waals surface area (Å²) >= 11 is 9.70. The first-order valence-electron chi connectivity index (χ1n) is 3.04. The van der Waals surface area contributed by atoms with Gasteiger partial charge >= 0.3 is 0 Å². The highest BCUT2D eigenvalue weighted by Gasteiger charge is 1.98. The van der Waals surface area contributed by atoms with Crippen LogP contribution in [0.25, 0.3) is 0 Å². The van der Waals surface area contributed by atoms with Crippen LogP contribution in [-0.4, -0.2) is 18.2 Å². The van der Waals surface area contributed by atoms with Crippen molar-refractivity contribution >= 4 is 28.9 Å². The molecule has 4 heteroatoms. The molecule has 1 rings (SSSR count). The summed E-state index contributed by atoms with van der Waals surface area (Å²) in [6.45, 7) is 3.84. The second-order valence-electron chi connectivity index (χ2n) is 1.64. The summed E-state index contributed by atoms with van der Waals surface area (Å²) in [5.74, 6) is 0. The Labute approximate surface area is 71.6 Å². The van der Waals surface area contributed by atoms with Gasteiger partial charge in [0.05, 0.1) is 0 Å². The number of nitrogens with one attached hydrogen (secondary N) is 2. The van der Waals surface area contributed by atoms with Crippen LogP contribution in [0.3, 0.4) is 0 Å². The van der Waals surface area contributed by atoms with E-state index in [4.69, 9.17) is 23.8 Å². The number of halogens is 1. The highest BCUT2D eigenvalue weighted by Crippen LogP contribution is 1.71. The minimum atomic E-state index is 0.787. The Hall–Kier alpha value is -0.280. The van der Waals surface area contributed by atoms with Gasteiger partial charge in [-0.25, -0.2) is 0 Å². The summed E-state index contributed by atoms with van der Waals surface area (Å²) in [4.78, 5) is 0. The second-order valence-corrected chi connectivity index (χ2v) is 2.30. The van der Waals surface area contributed by atoms with E-state index in [1.54, 1.807) is 6.08 Å². The van der Waals surface area contributed by atoms with Crippen LogP contribution >= 0.6 is 23.8 Å². The second kappa shape index (κ2) is 6.83. The number of rotatable bonds is 0. The van der Waals surface area contributed by atoms with Gasteiger partial charge in [-0.15, -0.1) is 0 Å². The molecule has 0 aromatic carbocycles. The van der Waals surface area contributed by atoms with E-state index in [1.165, 1.54) is 5.54 Å². The first-order valence-corrected chi connectivity index (χ1v) is 3.88. The lowest BCUT2D eigenvalue weighted by atomic mass is 10.7. The molecule has 1 heterocycles. The maximum Gasteiger partial charge on any atom is 0.166 e. The monoisotopic (exact) mass is 178 g/mol. The zero-order valence-electron chi connectivity index (χ0n) is 5.86. The highest BCUT2D eigenvalue weighted by molar-refractivity contribution is 7.80. The molecule has 0 atom stereocenters. The summed E-state index contributed by atoms with van der Waals surface area (Å²) < 4.78 is 0. The molecular formula is C6H11ClN2S. The van der Waals surface area contributed by atoms with Crippen LogP contribution < -0.4 is 10.6 Å². The van der Waals surface area contributed by atoms with E-state index in [0.717, 1.165) is 18.2 Å². The fraction of sp³-hybridized carbons (Fsp3) is 0.500. The van der Waals surface area contributed by atoms with E-state index in [1.807, 2.05) is 6.92 Å². The summed E-state index contributed by atoms with van der Waals surface area (Å²) in [6.07, 6.45) is 1.77. The molecule has 10 heavy (non-hydrogen) atoms. The summed E-state index contributed by atoms with van der Waals surface area (Å²) in [6, 6.07) is 0. The summed E-state index contributed by atoms with van der Waals surface area (Å²) in [5.41, 5.74) is 1.47. The summed E-state index contributed by atoms with van der Waals surface area (Å²) in [7, 11) is 0. The van der Waals surface area contributed by atoms with Gasteiger partial charge in [0.25, 0.3) is 0 Å². The third-order valence-corrected chi connectivity index (χ3v) is 1.36. The Morgan fingerprint density at radius 2 is 1.90 bits per heavy atom. The molecule has 2 nitrogen and oxygen atoms in total. The van der Waals surface area contributed by atoms with E-state index in [9.17, 15) is 0 Å². The largest absolute Gasteiger partial charge is 0.361 e. The molecule has 0 unspecified atom stereocenters. The van der Waals surface area contributed by atoms with Crippen molar-refractivity contribution in [2.75, 3.05) is 13.1 Å². The lowest BCUT2D eigenvalue weighted by Gasteiger charge is -1.85. The van der Waals surface area contributed by atoms with Gasteiger partial charge in [-0.3, -0.25) is 0 Å². The van der Waals surface area contributed by atoms with Crippen molar-refractivity contribution in [2.24, 2.45) is 0 Å². The van der Waals surface area contributed by atoms with Crippen LogP contribution in [0.15, 0.2) is 11.6 Å². The average Bonchev–Trinajstić information content (AvgIpc) is 2.40. The molecule has 0 radical (unpaired) electrons. The zero-order chi connectivity index (χ0) is 7.82. The smallest absolute Gasteiger partial charge is 0.166 e. The van der Waals surface area contributed by atoms with Crippen molar-refractivity contribution in [1.82, 2.24) is 10.6 Å². The maximum absolute atomic E-state index is 5.01. The highest BCUT2D eigenvalue weighted by atomic mass is 35.5. The van der Waals surface area contributed by atoms with E-state index in [-0.39, 0.29) is 0 Å². The standard InChI is InChI=1S/C3H5Cl.C3H6N2S/c1-2-3-4;6-3-4-1-2-5-3/h2-3H,1H3;1-2H2,(H2,4,5,6). The quantitative estimate of drug-likeness (QED) is 0.546. The molecule has 1 saturated heterocycles. The van der Waals surface area contributed by atoms with E-state index in [2.05, 4.69) is 10.6 Å². The van der Waals surface area contributed by atoms with Crippen molar-refractivity contribution in [3.63, 3.8) is 0 Å². The van der Waals surface area contributed by atoms with Crippen molar-refractivity contribution < 1.29 is 0 Å². The first-order chi connectivity index (χ1) is 4.81. The minimum Gasteiger partial charge on any atom is -0.361 e.